The number of ether oxygens (including phenoxy) is 1. The first-order valence-corrected chi connectivity index (χ1v) is 6.22. The highest BCUT2D eigenvalue weighted by molar-refractivity contribution is 5.95. The molecule has 0 bridgehead atoms. The molecule has 0 aromatic heterocycles. The normalized spacial score (nSPS) is 13.1. The maximum absolute atomic E-state index is 12.0. The minimum atomic E-state index is -0.617. The Labute approximate surface area is 110 Å². The predicted molar refractivity (Wildman–Crippen MR) is 72.0 cm³/mol. The second kappa shape index (κ2) is 6.57. The topological polar surface area (TPSA) is 55.4 Å². The summed E-state index contributed by atoms with van der Waals surface area (Å²) in [6.07, 6.45) is 0.550. The lowest BCUT2D eigenvalue weighted by Crippen LogP contribution is -2.45. The van der Waals surface area contributed by atoms with Crippen LogP contribution in [0.2, 0.25) is 0 Å². The number of nitrogens with one attached hydrogen (secondary N) is 1. The summed E-state index contributed by atoms with van der Waals surface area (Å²) in [5.74, 6) is -0.426. The molecule has 1 unspecified atom stereocenters. The minimum Gasteiger partial charge on any atom is -0.458 e. The molecule has 0 saturated carbocycles. The fourth-order valence-electron chi connectivity index (χ4n) is 1.34. The van der Waals surface area contributed by atoms with Crippen LogP contribution in [0.1, 0.15) is 48.0 Å². The third-order valence-corrected chi connectivity index (χ3v) is 2.09. The van der Waals surface area contributed by atoms with Crippen LogP contribution in [0, 0.1) is 5.92 Å². The summed E-state index contributed by atoms with van der Waals surface area (Å²) in [4.78, 5) is 23.6. The molecule has 0 heterocycles. The second-order valence-corrected chi connectivity index (χ2v) is 5.97. The van der Waals surface area contributed by atoms with Crippen molar-refractivity contribution in [2.24, 2.45) is 5.92 Å². The van der Waals surface area contributed by atoms with Crippen LogP contribution < -0.4 is 5.32 Å². The summed E-state index contributed by atoms with van der Waals surface area (Å²) in [5.41, 5.74) is -0.174. The van der Waals surface area contributed by atoms with Gasteiger partial charge in [0, 0.05) is 5.57 Å². The van der Waals surface area contributed by atoms with Crippen molar-refractivity contribution in [1.29, 1.82) is 0 Å². The van der Waals surface area contributed by atoms with Gasteiger partial charge in [-0.1, -0.05) is 20.4 Å². The van der Waals surface area contributed by atoms with E-state index in [1.165, 1.54) is 0 Å². The fraction of sp³-hybridized carbons (Fsp3) is 0.714. The van der Waals surface area contributed by atoms with Gasteiger partial charge in [-0.25, -0.2) is 4.79 Å². The first kappa shape index (κ1) is 16.7. The highest BCUT2D eigenvalue weighted by atomic mass is 16.6. The van der Waals surface area contributed by atoms with E-state index < -0.39 is 17.6 Å². The molecule has 0 saturated heterocycles. The number of amides is 1. The van der Waals surface area contributed by atoms with E-state index >= 15 is 0 Å². The van der Waals surface area contributed by atoms with Gasteiger partial charge in [0.25, 0.3) is 0 Å². The van der Waals surface area contributed by atoms with Gasteiger partial charge in [-0.15, -0.1) is 0 Å². The molecular formula is C14H25NO3. The predicted octanol–water partition coefficient (Wildman–Crippen LogP) is 2.44. The highest BCUT2D eigenvalue weighted by Crippen LogP contribution is 2.13. The Balaban J connectivity index is 4.72. The lowest BCUT2D eigenvalue weighted by molar-refractivity contribution is -0.158. The molecular weight excluding hydrogens is 230 g/mol. The third kappa shape index (κ3) is 7.09. The molecule has 18 heavy (non-hydrogen) atoms. The molecule has 4 heteroatoms. The van der Waals surface area contributed by atoms with Gasteiger partial charge < -0.3 is 10.1 Å². The van der Waals surface area contributed by atoms with Crippen molar-refractivity contribution in [3.63, 3.8) is 0 Å². The Morgan fingerprint density at radius 3 is 2.11 bits per heavy atom. The monoisotopic (exact) mass is 255 g/mol. The van der Waals surface area contributed by atoms with E-state index in [4.69, 9.17) is 4.74 Å². The molecule has 4 nitrogen and oxygen atoms in total. The van der Waals surface area contributed by atoms with Gasteiger partial charge in [-0.05, 0) is 40.0 Å². The summed E-state index contributed by atoms with van der Waals surface area (Å²) in [7, 11) is 0. The lowest BCUT2D eigenvalue weighted by atomic mass is 10.0. The van der Waals surface area contributed by atoms with Crippen LogP contribution in [0.15, 0.2) is 12.2 Å². The Bertz CT molecular complexity index is 326. The Kier molecular flexibility index (Phi) is 6.09. The molecule has 0 aromatic carbocycles. The molecule has 1 atom stereocenters. The molecule has 0 radical (unpaired) electrons. The summed E-state index contributed by atoms with van der Waals surface area (Å²) >= 11 is 0. The molecule has 0 aromatic rings. The number of hydrogen-bond donors (Lipinski definition) is 1. The van der Waals surface area contributed by atoms with Crippen LogP contribution in [-0.4, -0.2) is 23.5 Å². The van der Waals surface area contributed by atoms with Crippen molar-refractivity contribution in [2.45, 2.75) is 59.6 Å². The molecule has 0 aliphatic carbocycles. The number of carbonyl (C=O) groups excluding carboxylic acids is 2. The first-order chi connectivity index (χ1) is 8.03. The van der Waals surface area contributed by atoms with Gasteiger partial charge in [0.15, 0.2) is 0 Å². The zero-order chi connectivity index (χ0) is 14.5. The van der Waals surface area contributed by atoms with Crippen LogP contribution in [0.25, 0.3) is 0 Å². The Morgan fingerprint density at radius 2 is 1.78 bits per heavy atom. The van der Waals surface area contributed by atoms with Gasteiger partial charge >= 0.3 is 5.97 Å². The number of rotatable bonds is 5. The fourth-order valence-corrected chi connectivity index (χ4v) is 1.34. The quantitative estimate of drug-likeness (QED) is 0.606. The Hall–Kier alpha value is -1.32. The molecule has 0 aliphatic heterocycles. The average molecular weight is 255 g/mol. The van der Waals surface area contributed by atoms with Crippen molar-refractivity contribution >= 4 is 11.9 Å². The van der Waals surface area contributed by atoms with E-state index in [0.29, 0.717) is 12.0 Å². The van der Waals surface area contributed by atoms with Crippen LogP contribution in [0.5, 0.6) is 0 Å². The summed E-state index contributed by atoms with van der Waals surface area (Å²) in [6, 6.07) is -0.617. The smallest absolute Gasteiger partial charge is 0.329 e. The van der Waals surface area contributed by atoms with Crippen LogP contribution >= 0.6 is 0 Å². The lowest BCUT2D eigenvalue weighted by Gasteiger charge is -2.25. The summed E-state index contributed by atoms with van der Waals surface area (Å²) < 4.78 is 5.30. The van der Waals surface area contributed by atoms with Crippen LogP contribution in [0.3, 0.4) is 0 Å². The average Bonchev–Trinajstić information content (AvgIpc) is 2.12. The van der Waals surface area contributed by atoms with E-state index in [1.807, 2.05) is 13.8 Å². The highest BCUT2D eigenvalue weighted by Gasteiger charge is 2.27. The van der Waals surface area contributed by atoms with Gasteiger partial charge in [-0.2, -0.15) is 0 Å². The molecule has 0 aliphatic rings. The van der Waals surface area contributed by atoms with Crippen molar-refractivity contribution in [1.82, 2.24) is 5.32 Å². The molecule has 0 fully saturated rings. The van der Waals surface area contributed by atoms with Crippen molar-refractivity contribution in [3.8, 4) is 0 Å². The number of carbonyl (C=O) groups is 2. The van der Waals surface area contributed by atoms with Crippen molar-refractivity contribution < 1.29 is 14.3 Å². The van der Waals surface area contributed by atoms with Crippen LogP contribution in [0.4, 0.5) is 0 Å². The SMILES string of the molecule is C=C(C)C(=O)NC(CC(C)C)C(=O)OC(C)(C)C. The van der Waals surface area contributed by atoms with E-state index in [1.54, 1.807) is 27.7 Å². The summed E-state index contributed by atoms with van der Waals surface area (Å²) in [5, 5.41) is 2.66. The summed E-state index contributed by atoms with van der Waals surface area (Å²) in [6.45, 7) is 14.6. The zero-order valence-corrected chi connectivity index (χ0v) is 12.3. The van der Waals surface area contributed by atoms with E-state index in [2.05, 4.69) is 11.9 Å². The van der Waals surface area contributed by atoms with E-state index in [-0.39, 0.29) is 11.8 Å². The molecule has 0 spiro atoms. The first-order valence-electron chi connectivity index (χ1n) is 6.22. The van der Waals surface area contributed by atoms with Crippen LogP contribution in [-0.2, 0) is 14.3 Å². The molecule has 0 rings (SSSR count). The maximum Gasteiger partial charge on any atom is 0.329 e. The zero-order valence-electron chi connectivity index (χ0n) is 12.3. The van der Waals surface area contributed by atoms with Crippen molar-refractivity contribution in [3.05, 3.63) is 12.2 Å². The van der Waals surface area contributed by atoms with E-state index in [0.717, 1.165) is 0 Å². The maximum atomic E-state index is 12.0. The van der Waals surface area contributed by atoms with Gasteiger partial charge in [0.1, 0.15) is 11.6 Å². The van der Waals surface area contributed by atoms with Gasteiger partial charge in [0.2, 0.25) is 5.91 Å². The largest absolute Gasteiger partial charge is 0.458 e. The Morgan fingerprint density at radius 1 is 1.28 bits per heavy atom. The van der Waals surface area contributed by atoms with Gasteiger partial charge in [0.05, 0.1) is 0 Å². The minimum absolute atomic E-state index is 0.285. The molecule has 104 valence electrons. The third-order valence-electron chi connectivity index (χ3n) is 2.09. The second-order valence-electron chi connectivity index (χ2n) is 5.97. The molecule has 1 amide bonds. The van der Waals surface area contributed by atoms with E-state index in [9.17, 15) is 9.59 Å². The molecule has 1 N–H and O–H groups in total. The standard InChI is InChI=1S/C14H25NO3/c1-9(2)8-11(15-12(16)10(3)4)13(17)18-14(5,6)7/h9,11H,3,8H2,1-2,4-7H3,(H,15,16). The number of hydrogen-bond acceptors (Lipinski definition) is 3. The van der Waals surface area contributed by atoms with Gasteiger partial charge in [-0.3, -0.25) is 4.79 Å². The number of esters is 1. The van der Waals surface area contributed by atoms with Crippen molar-refractivity contribution in [2.75, 3.05) is 0 Å².